The molecule has 6 heterocycles. The van der Waals surface area contributed by atoms with Crippen LogP contribution in [0.4, 0.5) is 15.9 Å². The number of hydrogen-bond donors (Lipinski definition) is 1. The van der Waals surface area contributed by atoms with Crippen LogP contribution in [0, 0.1) is 35.4 Å². The van der Waals surface area contributed by atoms with Crippen molar-refractivity contribution in [2.24, 2.45) is 5.92 Å². The van der Waals surface area contributed by atoms with Crippen LogP contribution in [0.15, 0.2) is 36.9 Å². The highest BCUT2D eigenvalue weighted by molar-refractivity contribution is 6.00. The molecule has 3 atom stereocenters. The van der Waals surface area contributed by atoms with E-state index < -0.39 is 5.82 Å². The van der Waals surface area contributed by atoms with Crippen LogP contribution in [0.1, 0.15) is 48.9 Å². The van der Waals surface area contributed by atoms with Crippen molar-refractivity contribution in [3.63, 3.8) is 0 Å². The zero-order valence-electron chi connectivity index (χ0n) is 26.9. The van der Waals surface area contributed by atoms with Crippen LogP contribution in [-0.4, -0.2) is 87.7 Å². The third-order valence-corrected chi connectivity index (χ3v) is 11.3. The van der Waals surface area contributed by atoms with Crippen molar-refractivity contribution >= 4 is 28.2 Å². The van der Waals surface area contributed by atoms with Crippen LogP contribution in [0.2, 0.25) is 0 Å². The van der Waals surface area contributed by atoms with Crippen LogP contribution < -0.4 is 14.5 Å². The standard InChI is InChI=1S/C37H38FN7O3/c1-3-27-29(38)8-7-23-16-26(46)17-31(34(23)27)42-14-9-28-30(20-42)40-36(48-22-37-10-5-12-44(37)13-6-11-37)41-35(28)43-19-25-15-24(18-39)32(21-43)45(25)33(47)4-2/h1,4,7-8,16-17,24-25,32,46H,2,5-6,9-15,19-22H2/t24?,25-,32-/m1/s1. The molecule has 0 spiro atoms. The molecule has 2 aromatic carbocycles. The predicted molar refractivity (Wildman–Crippen MR) is 179 cm³/mol. The van der Waals surface area contributed by atoms with Gasteiger partial charge in [-0.2, -0.15) is 15.2 Å². The van der Waals surface area contributed by atoms with Gasteiger partial charge in [-0.25, -0.2) is 4.39 Å². The lowest BCUT2D eigenvalue weighted by molar-refractivity contribution is -0.129. The Balaban J connectivity index is 1.18. The number of terminal acetylenes is 1. The molecule has 8 rings (SSSR count). The lowest BCUT2D eigenvalue weighted by Gasteiger charge is -2.42. The number of nitriles is 1. The molecule has 11 heteroatoms. The molecule has 1 aromatic heterocycles. The van der Waals surface area contributed by atoms with Crippen molar-refractivity contribution in [1.29, 1.82) is 5.26 Å². The van der Waals surface area contributed by atoms with Gasteiger partial charge in [0, 0.05) is 42.3 Å². The number of piperazine rings is 1. The van der Waals surface area contributed by atoms with Gasteiger partial charge in [0.1, 0.15) is 24.0 Å². The number of nitrogens with zero attached hydrogens (tertiary/aromatic N) is 7. The summed E-state index contributed by atoms with van der Waals surface area (Å²) in [7, 11) is 0. The molecular formula is C37H38FN7O3. The largest absolute Gasteiger partial charge is 0.508 e. The smallest absolute Gasteiger partial charge is 0.318 e. The van der Waals surface area contributed by atoms with E-state index in [4.69, 9.17) is 21.1 Å². The summed E-state index contributed by atoms with van der Waals surface area (Å²) in [6, 6.07) is 8.54. The van der Waals surface area contributed by atoms with Crippen LogP contribution in [0.25, 0.3) is 10.8 Å². The molecule has 2 bridgehead atoms. The van der Waals surface area contributed by atoms with Crippen LogP contribution in [-0.2, 0) is 17.8 Å². The Morgan fingerprint density at radius 3 is 2.75 bits per heavy atom. The highest BCUT2D eigenvalue weighted by Gasteiger charge is 2.49. The maximum Gasteiger partial charge on any atom is 0.318 e. The first-order valence-electron chi connectivity index (χ1n) is 16.9. The van der Waals surface area contributed by atoms with E-state index >= 15 is 0 Å². The number of rotatable bonds is 6. The topological polar surface area (TPSA) is 109 Å². The number of amides is 1. The molecule has 1 amide bonds. The predicted octanol–water partition coefficient (Wildman–Crippen LogP) is 4.14. The first kappa shape index (κ1) is 30.5. The van der Waals surface area contributed by atoms with Gasteiger partial charge in [-0.05, 0) is 75.2 Å². The van der Waals surface area contributed by atoms with Crippen molar-refractivity contribution in [2.75, 3.05) is 49.1 Å². The minimum Gasteiger partial charge on any atom is -0.508 e. The van der Waals surface area contributed by atoms with Gasteiger partial charge in [0.25, 0.3) is 0 Å². The highest BCUT2D eigenvalue weighted by Crippen LogP contribution is 2.42. The summed E-state index contributed by atoms with van der Waals surface area (Å²) in [5.41, 5.74) is 2.59. The van der Waals surface area contributed by atoms with Crippen molar-refractivity contribution in [2.45, 2.75) is 62.7 Å². The SMILES string of the molecule is C#Cc1c(F)ccc2cc(O)cc(N3CCc4c(nc(OCC56CCCN5CCC6)nc4N4C[C@H]5CC(C#N)[C@@H](C4)N5C(=O)C=C)C3)c12. The Morgan fingerprint density at radius 2 is 2.00 bits per heavy atom. The molecule has 4 saturated heterocycles. The first-order chi connectivity index (χ1) is 23.3. The quantitative estimate of drug-likeness (QED) is 0.312. The average molecular weight is 648 g/mol. The van der Waals surface area contributed by atoms with Gasteiger partial charge in [0.05, 0.1) is 47.4 Å². The summed E-state index contributed by atoms with van der Waals surface area (Å²) >= 11 is 0. The number of aromatic nitrogens is 2. The summed E-state index contributed by atoms with van der Waals surface area (Å²) in [5.74, 6) is 2.46. The van der Waals surface area contributed by atoms with Gasteiger partial charge in [0.15, 0.2) is 0 Å². The Kier molecular flexibility index (Phi) is 7.41. The van der Waals surface area contributed by atoms with Gasteiger partial charge < -0.3 is 24.5 Å². The first-order valence-corrected chi connectivity index (χ1v) is 16.9. The van der Waals surface area contributed by atoms with E-state index in [1.165, 1.54) is 12.1 Å². The number of benzene rings is 2. The van der Waals surface area contributed by atoms with Crippen molar-refractivity contribution in [3.8, 4) is 30.2 Å². The Labute approximate surface area is 279 Å². The monoisotopic (exact) mass is 647 g/mol. The maximum atomic E-state index is 14.9. The molecule has 1 unspecified atom stereocenters. The molecule has 246 valence electrons. The molecule has 0 aliphatic carbocycles. The molecule has 10 nitrogen and oxygen atoms in total. The fourth-order valence-corrected chi connectivity index (χ4v) is 9.09. The van der Waals surface area contributed by atoms with Gasteiger partial charge in [-0.1, -0.05) is 18.6 Å². The fraction of sp³-hybridized carbons (Fsp3) is 0.459. The average Bonchev–Trinajstić information content (AvgIpc) is 3.75. The Hall–Kier alpha value is -4.87. The van der Waals surface area contributed by atoms with Gasteiger partial charge >= 0.3 is 6.01 Å². The van der Waals surface area contributed by atoms with E-state index in [0.29, 0.717) is 68.1 Å². The van der Waals surface area contributed by atoms with E-state index in [2.05, 4.69) is 33.3 Å². The lowest BCUT2D eigenvalue weighted by Crippen LogP contribution is -2.56. The number of aromatic hydroxyl groups is 1. The zero-order valence-corrected chi connectivity index (χ0v) is 26.9. The number of phenolic OH excluding ortho intramolecular Hbond substituents is 1. The number of ether oxygens (including phenoxy) is 1. The number of anilines is 2. The third-order valence-electron chi connectivity index (χ3n) is 11.3. The third kappa shape index (κ3) is 4.83. The summed E-state index contributed by atoms with van der Waals surface area (Å²) in [6.45, 7) is 8.33. The van der Waals surface area contributed by atoms with Crippen molar-refractivity contribution in [3.05, 3.63) is 59.6 Å². The second-order valence-electron chi connectivity index (χ2n) is 13.8. The second kappa shape index (κ2) is 11.7. The summed E-state index contributed by atoms with van der Waals surface area (Å²) < 4.78 is 21.4. The number of halogens is 1. The van der Waals surface area contributed by atoms with E-state index in [1.54, 1.807) is 18.2 Å². The lowest BCUT2D eigenvalue weighted by atomic mass is 9.95. The molecule has 5 aliphatic heterocycles. The molecule has 4 fully saturated rings. The molecule has 0 radical (unpaired) electrons. The van der Waals surface area contributed by atoms with Gasteiger partial charge in [-0.15, -0.1) is 6.42 Å². The summed E-state index contributed by atoms with van der Waals surface area (Å²) in [4.78, 5) is 31.5. The number of phenols is 1. The normalized spacial score (nSPS) is 24.2. The van der Waals surface area contributed by atoms with Crippen LogP contribution >= 0.6 is 0 Å². The summed E-state index contributed by atoms with van der Waals surface area (Å²) in [5, 5.41) is 21.9. The molecule has 48 heavy (non-hydrogen) atoms. The Morgan fingerprint density at radius 1 is 1.19 bits per heavy atom. The van der Waals surface area contributed by atoms with Crippen LogP contribution in [0.3, 0.4) is 0 Å². The van der Waals surface area contributed by atoms with E-state index in [-0.39, 0.29) is 40.8 Å². The molecular weight excluding hydrogens is 609 g/mol. The molecule has 0 saturated carbocycles. The second-order valence-corrected chi connectivity index (χ2v) is 13.8. The number of fused-ring (bicyclic) bond motifs is 5. The van der Waals surface area contributed by atoms with Gasteiger partial charge in [0.2, 0.25) is 5.91 Å². The highest BCUT2D eigenvalue weighted by atomic mass is 19.1. The maximum absolute atomic E-state index is 14.9. The Bertz CT molecular complexity index is 1910. The summed E-state index contributed by atoms with van der Waals surface area (Å²) in [6.07, 6.45) is 12.8. The van der Waals surface area contributed by atoms with Gasteiger partial charge in [-0.3, -0.25) is 9.69 Å². The molecule has 3 aromatic rings. The van der Waals surface area contributed by atoms with Crippen molar-refractivity contribution in [1.82, 2.24) is 19.8 Å². The van der Waals surface area contributed by atoms with E-state index in [1.807, 2.05) is 4.90 Å². The van der Waals surface area contributed by atoms with E-state index in [0.717, 1.165) is 55.8 Å². The number of hydrogen-bond acceptors (Lipinski definition) is 9. The minimum atomic E-state index is -0.485. The minimum absolute atomic E-state index is 0.0113. The van der Waals surface area contributed by atoms with E-state index in [9.17, 15) is 19.6 Å². The molecule has 1 N–H and O–H groups in total. The zero-order chi connectivity index (χ0) is 33.2. The fourth-order valence-electron chi connectivity index (χ4n) is 9.09. The number of carbonyl (C=O) groups excluding carboxylic acids is 1. The van der Waals surface area contributed by atoms with Crippen molar-refractivity contribution < 1.29 is 19.0 Å². The number of carbonyl (C=O) groups is 1. The molecule has 5 aliphatic rings. The van der Waals surface area contributed by atoms with Crippen LogP contribution in [0.5, 0.6) is 11.8 Å².